The molecule has 4 heterocycles. The Morgan fingerprint density at radius 1 is 1.26 bits per heavy atom. The van der Waals surface area contributed by atoms with Gasteiger partial charge in [-0.2, -0.15) is 0 Å². The van der Waals surface area contributed by atoms with E-state index < -0.39 is 5.82 Å². The third-order valence-corrected chi connectivity index (χ3v) is 6.57. The molecule has 27 heavy (non-hydrogen) atoms. The molecule has 2 amide bonds. The van der Waals surface area contributed by atoms with Crippen molar-refractivity contribution in [3.8, 4) is 0 Å². The van der Waals surface area contributed by atoms with E-state index in [0.29, 0.717) is 25.6 Å². The topological polar surface area (TPSA) is 56.8 Å². The maximum Gasteiger partial charge on any atom is 0.275 e. The number of carbonyl (C=O) groups excluding carboxylic acids is 2. The first-order chi connectivity index (χ1) is 13.0. The van der Waals surface area contributed by atoms with Gasteiger partial charge >= 0.3 is 0 Å². The van der Waals surface area contributed by atoms with E-state index >= 15 is 0 Å². The van der Waals surface area contributed by atoms with Crippen LogP contribution in [0.2, 0.25) is 0 Å². The predicted octanol–water partition coefficient (Wildman–Crippen LogP) is 1.77. The van der Waals surface area contributed by atoms with Crippen molar-refractivity contribution in [3.63, 3.8) is 0 Å². The molecule has 3 fully saturated rings. The number of likely N-dealkylation sites (tertiary alicyclic amines) is 3. The van der Waals surface area contributed by atoms with Crippen LogP contribution in [0.1, 0.15) is 42.6 Å². The molecule has 0 aromatic carbocycles. The summed E-state index contributed by atoms with van der Waals surface area (Å²) in [4.78, 5) is 35.1. The summed E-state index contributed by atoms with van der Waals surface area (Å²) in [6.45, 7) is 3.98. The molecular formula is C20H27FN4O2. The van der Waals surface area contributed by atoms with Gasteiger partial charge in [0.15, 0.2) is 11.5 Å². The number of amides is 2. The minimum atomic E-state index is -0.567. The van der Waals surface area contributed by atoms with Gasteiger partial charge in [-0.1, -0.05) is 0 Å². The second kappa shape index (κ2) is 7.19. The van der Waals surface area contributed by atoms with Gasteiger partial charge in [0, 0.05) is 44.8 Å². The van der Waals surface area contributed by atoms with Crippen LogP contribution in [0.15, 0.2) is 18.3 Å². The molecule has 146 valence electrons. The van der Waals surface area contributed by atoms with Gasteiger partial charge in [-0.05, 0) is 56.8 Å². The first-order valence-electron chi connectivity index (χ1n) is 9.85. The number of hydrogen-bond donors (Lipinski definition) is 0. The van der Waals surface area contributed by atoms with E-state index in [2.05, 4.69) is 21.8 Å². The lowest BCUT2D eigenvalue weighted by atomic mass is 9.72. The number of nitrogens with zero attached hydrogens (tertiary/aromatic N) is 4. The lowest BCUT2D eigenvalue weighted by molar-refractivity contribution is -0.141. The zero-order valence-electron chi connectivity index (χ0n) is 15.9. The Bertz CT molecular complexity index is 732. The predicted molar refractivity (Wildman–Crippen MR) is 98.6 cm³/mol. The van der Waals surface area contributed by atoms with Crippen LogP contribution in [0, 0.1) is 11.2 Å². The van der Waals surface area contributed by atoms with Crippen molar-refractivity contribution in [1.82, 2.24) is 19.7 Å². The van der Waals surface area contributed by atoms with Gasteiger partial charge in [-0.3, -0.25) is 9.59 Å². The zero-order chi connectivity index (χ0) is 19.0. The van der Waals surface area contributed by atoms with E-state index in [9.17, 15) is 14.0 Å². The minimum absolute atomic E-state index is 0.0918. The van der Waals surface area contributed by atoms with Crippen LogP contribution in [0.4, 0.5) is 4.39 Å². The average molecular weight is 374 g/mol. The van der Waals surface area contributed by atoms with Gasteiger partial charge in [-0.25, -0.2) is 9.37 Å². The highest BCUT2D eigenvalue weighted by Gasteiger charge is 2.44. The molecule has 7 heteroatoms. The Morgan fingerprint density at radius 3 is 2.70 bits per heavy atom. The normalized spacial score (nSPS) is 26.0. The van der Waals surface area contributed by atoms with E-state index in [1.807, 2.05) is 0 Å². The van der Waals surface area contributed by atoms with E-state index in [1.54, 1.807) is 4.90 Å². The smallest absolute Gasteiger partial charge is 0.275 e. The lowest BCUT2D eigenvalue weighted by Gasteiger charge is -2.48. The molecule has 4 rings (SSSR count). The van der Waals surface area contributed by atoms with E-state index in [1.165, 1.54) is 18.3 Å². The van der Waals surface area contributed by atoms with Crippen LogP contribution in [-0.4, -0.2) is 77.3 Å². The monoisotopic (exact) mass is 374 g/mol. The van der Waals surface area contributed by atoms with Gasteiger partial charge in [0.2, 0.25) is 5.91 Å². The Hall–Kier alpha value is -2.02. The van der Waals surface area contributed by atoms with Crippen molar-refractivity contribution in [2.24, 2.45) is 5.41 Å². The van der Waals surface area contributed by atoms with E-state index in [0.717, 1.165) is 45.3 Å². The first-order valence-corrected chi connectivity index (χ1v) is 9.85. The third-order valence-electron chi connectivity index (χ3n) is 6.57. The molecule has 6 nitrogen and oxygen atoms in total. The lowest BCUT2D eigenvalue weighted by Crippen LogP contribution is -2.55. The number of aromatic nitrogens is 1. The molecule has 1 aromatic heterocycles. The second-order valence-electron chi connectivity index (χ2n) is 8.35. The summed E-state index contributed by atoms with van der Waals surface area (Å²) in [6, 6.07) is 3.09. The maximum atomic E-state index is 13.9. The van der Waals surface area contributed by atoms with E-state index in [-0.39, 0.29) is 22.9 Å². The van der Waals surface area contributed by atoms with Crippen molar-refractivity contribution in [2.45, 2.75) is 38.1 Å². The third kappa shape index (κ3) is 3.57. The summed E-state index contributed by atoms with van der Waals surface area (Å²) < 4.78 is 13.9. The van der Waals surface area contributed by atoms with Gasteiger partial charge in [0.1, 0.15) is 0 Å². The first kappa shape index (κ1) is 18.3. The Morgan fingerprint density at radius 2 is 2.04 bits per heavy atom. The van der Waals surface area contributed by atoms with Crippen molar-refractivity contribution < 1.29 is 14.0 Å². The molecule has 0 aliphatic carbocycles. The molecule has 0 saturated carbocycles. The fraction of sp³-hybridized carbons (Fsp3) is 0.650. The summed E-state index contributed by atoms with van der Waals surface area (Å²) in [5.41, 5.74) is -0.00277. The molecule has 0 unspecified atom stereocenters. The molecule has 0 N–H and O–H groups in total. The highest BCUT2D eigenvalue weighted by molar-refractivity contribution is 5.92. The number of hydrogen-bond acceptors (Lipinski definition) is 4. The SMILES string of the molecule is CN1CC[C@@H](N2CC3(CCC2=O)CCN(C(=O)c2ncccc2F)CC3)C1. The summed E-state index contributed by atoms with van der Waals surface area (Å²) >= 11 is 0. The van der Waals surface area contributed by atoms with Crippen LogP contribution in [0.25, 0.3) is 0 Å². The molecule has 3 aliphatic heterocycles. The van der Waals surface area contributed by atoms with Gasteiger partial charge < -0.3 is 14.7 Å². The summed E-state index contributed by atoms with van der Waals surface area (Å²) in [6.07, 6.45) is 5.71. The zero-order valence-corrected chi connectivity index (χ0v) is 15.9. The molecular weight excluding hydrogens is 347 g/mol. The Balaban J connectivity index is 1.41. The van der Waals surface area contributed by atoms with Gasteiger partial charge in [0.05, 0.1) is 0 Å². The fourth-order valence-corrected chi connectivity index (χ4v) is 4.83. The van der Waals surface area contributed by atoms with Crippen LogP contribution >= 0.6 is 0 Å². The Labute approximate surface area is 159 Å². The molecule has 3 saturated heterocycles. The number of carbonyl (C=O) groups is 2. The quantitative estimate of drug-likeness (QED) is 0.792. The number of rotatable bonds is 2. The van der Waals surface area contributed by atoms with Crippen molar-refractivity contribution in [2.75, 3.05) is 39.8 Å². The minimum Gasteiger partial charge on any atom is -0.338 e. The van der Waals surface area contributed by atoms with Crippen LogP contribution in [0.5, 0.6) is 0 Å². The summed E-state index contributed by atoms with van der Waals surface area (Å²) in [7, 11) is 2.10. The van der Waals surface area contributed by atoms with Crippen molar-refractivity contribution in [1.29, 1.82) is 0 Å². The number of halogens is 1. The van der Waals surface area contributed by atoms with Crippen LogP contribution < -0.4 is 0 Å². The van der Waals surface area contributed by atoms with E-state index in [4.69, 9.17) is 0 Å². The van der Waals surface area contributed by atoms with Gasteiger partial charge in [0.25, 0.3) is 5.91 Å². The molecule has 1 spiro atoms. The van der Waals surface area contributed by atoms with Crippen LogP contribution in [0.3, 0.4) is 0 Å². The van der Waals surface area contributed by atoms with Crippen molar-refractivity contribution in [3.05, 3.63) is 29.8 Å². The standard InChI is InChI=1S/C20H27FN4O2/c1-23-10-5-15(13-23)25-14-20(6-4-17(25)26)7-11-24(12-8-20)19(27)18-16(21)3-2-9-22-18/h2-3,9,15H,4-8,10-14H2,1H3/t15-/m1/s1. The number of pyridine rings is 1. The second-order valence-corrected chi connectivity index (χ2v) is 8.35. The molecule has 1 atom stereocenters. The molecule has 0 bridgehead atoms. The Kier molecular flexibility index (Phi) is 4.88. The number of piperidine rings is 2. The van der Waals surface area contributed by atoms with Gasteiger partial charge in [-0.15, -0.1) is 0 Å². The summed E-state index contributed by atoms with van der Waals surface area (Å²) in [5.74, 6) is -0.623. The molecule has 3 aliphatic rings. The maximum absolute atomic E-state index is 13.9. The summed E-state index contributed by atoms with van der Waals surface area (Å²) in [5, 5.41) is 0. The molecule has 0 radical (unpaired) electrons. The van der Waals surface area contributed by atoms with Crippen molar-refractivity contribution >= 4 is 11.8 Å². The molecule has 1 aromatic rings. The fourth-order valence-electron chi connectivity index (χ4n) is 4.83. The largest absolute Gasteiger partial charge is 0.338 e. The highest BCUT2D eigenvalue weighted by atomic mass is 19.1. The average Bonchev–Trinajstić information content (AvgIpc) is 3.11. The number of likely N-dealkylation sites (N-methyl/N-ethyl adjacent to an activating group) is 1. The highest BCUT2D eigenvalue weighted by Crippen LogP contribution is 2.41. The van der Waals surface area contributed by atoms with Crippen LogP contribution in [-0.2, 0) is 4.79 Å².